The van der Waals surface area contributed by atoms with E-state index in [0.717, 1.165) is 0 Å². The van der Waals surface area contributed by atoms with Crippen LogP contribution in [0.5, 0.6) is 0 Å². The van der Waals surface area contributed by atoms with Crippen LogP contribution in [-0.4, -0.2) is 538 Å². The highest BCUT2D eigenvalue weighted by Gasteiger charge is 2.63. The minimum Gasteiger partial charge on any atom is -0.379 e. The van der Waals surface area contributed by atoms with Crippen LogP contribution in [0.25, 0.3) is 0 Å². The Balaban J connectivity index is 1.36. The summed E-state index contributed by atoms with van der Waals surface area (Å²) in [5.74, 6) is -5.32. The molecule has 35 atom stereocenters. The van der Waals surface area contributed by atoms with E-state index in [2.05, 4.69) is 0 Å². The third-order valence-electron chi connectivity index (χ3n) is 23.8. The molecule has 21 fully saturated rings. The highest BCUT2D eigenvalue weighted by atomic mass is 32.2. The van der Waals surface area contributed by atoms with Crippen LogP contribution in [-0.2, 0) is 237 Å². The minimum absolute atomic E-state index is 0.280. The highest BCUT2D eigenvalue weighted by Crippen LogP contribution is 2.44. The van der Waals surface area contributed by atoms with Gasteiger partial charge >= 0.3 is 0 Å². The van der Waals surface area contributed by atoms with E-state index in [4.69, 9.17) is 166 Å². The van der Waals surface area contributed by atoms with Crippen LogP contribution in [0.3, 0.4) is 0 Å². The summed E-state index contributed by atoms with van der Waals surface area (Å²) >= 11 is 0. The maximum absolute atomic E-state index is 12.1. The lowest BCUT2D eigenvalue weighted by molar-refractivity contribution is -0.403. The lowest BCUT2D eigenvalue weighted by Gasteiger charge is -2.52. The fraction of sp³-hybridized carbons (Fsp3) is 1.00. The molecular weight excluding hydrogens is 2050 g/mol. The Labute approximate surface area is 815 Å². The Morgan fingerprint density at radius 1 is 0.164 bits per heavy atom. The first kappa shape index (κ1) is 123. The van der Waals surface area contributed by atoms with Gasteiger partial charge in [0, 0.05) is 146 Å². The molecule has 21 saturated heterocycles. The summed E-state index contributed by atoms with van der Waals surface area (Å²) in [5, 5.41) is 0. The Hall–Kier alpha value is -2.03. The first-order valence-electron chi connectivity index (χ1n) is 44.5. The first-order valence-corrected chi connectivity index (χ1v) is 55.7. The maximum atomic E-state index is 12.1. The van der Waals surface area contributed by atoms with Crippen LogP contribution in [0, 0.1) is 0 Å². The standard InChI is InChI=1S/C77H140O56S7/c1-99-57-50-43(36-113-22-15-29-134(78,79)80)120-71(64(57)106-8)128-51-44(37-114-23-16-30-135(81,82)83)122-73(66(108-10)58(51)100-2)130-53-46(39-116-25-18-32-137(87,88)89)124-75(68(110-12)60(53)102-4)132-55-48(41-118-27-20-34-139(93,94)95)126-77(70(112-14)62(55)104-6)133-56-49(42-119-28-21-35-140(96,97)98)125-76(69(111-13)63(56)105-7)131-54-47(40-117-26-19-33-138(90,91)92)123-74(67(109-11)61(54)103-5)129-52-45(38-115-24-17-31-136(84,85)86)121-72(127-50)65(107-9)59(52)101-3/h43-77H,15-42H2,1-14H3,(H,78,79,80)(H,81,82,83)(H,84,85,86)(H,87,88,89)(H,90,91,92)(H,93,94,95)(H,96,97,98)/t43-,44-,45-,46-,47+,48+,49+,50-,51-,52-,53-,54-,55-,56-,57-,58+,59-,60+,61+,62+,63+,64+,65-,66+,67-,68-,69-,70-,71-,72-,73-,74-,75-,76-,77-/m1/s1. The number of methoxy groups -OCH3 is 14. The van der Waals surface area contributed by atoms with Gasteiger partial charge in [0.25, 0.3) is 70.8 Å². The van der Waals surface area contributed by atoms with Crippen molar-refractivity contribution in [2.75, 3.05) is 232 Å². The van der Waals surface area contributed by atoms with Gasteiger partial charge in [-0.25, -0.2) is 0 Å². The molecule has 21 rings (SSSR count). The van der Waals surface area contributed by atoms with Gasteiger partial charge in [0.15, 0.2) is 44.0 Å². The summed E-state index contributed by atoms with van der Waals surface area (Å²) < 4.78 is 467. The van der Waals surface area contributed by atoms with E-state index in [-0.39, 0.29) is 91.2 Å². The molecule has 0 unspecified atom stereocenters. The molecule has 0 spiro atoms. The van der Waals surface area contributed by atoms with E-state index < -0.39 is 372 Å². The van der Waals surface area contributed by atoms with Gasteiger partial charge < -0.3 is 166 Å². The van der Waals surface area contributed by atoms with Crippen molar-refractivity contribution >= 4 is 70.8 Å². The Bertz CT molecular complexity index is 3640. The molecule has 0 amide bonds. The van der Waals surface area contributed by atoms with Crippen LogP contribution in [0.15, 0.2) is 0 Å². The van der Waals surface area contributed by atoms with Crippen molar-refractivity contribution in [3.8, 4) is 0 Å². The van der Waals surface area contributed by atoms with E-state index in [1.165, 1.54) is 99.5 Å². The average Bonchev–Trinajstić information content (AvgIpc) is 0.790. The van der Waals surface area contributed by atoms with Crippen molar-refractivity contribution in [1.29, 1.82) is 0 Å². The highest BCUT2D eigenvalue weighted by molar-refractivity contribution is 7.87. The van der Waals surface area contributed by atoms with Crippen LogP contribution in [0.1, 0.15) is 44.9 Å². The van der Waals surface area contributed by atoms with Gasteiger partial charge in [0.05, 0.1) is 86.5 Å². The topological polar surface area (TPSA) is 704 Å². The molecule has 0 aromatic rings. The molecule has 14 bridgehead atoms. The lowest BCUT2D eigenvalue weighted by Crippen LogP contribution is -2.69. The number of hydrogen-bond acceptors (Lipinski definition) is 49. The van der Waals surface area contributed by atoms with Gasteiger partial charge in [-0.05, 0) is 44.9 Å². The minimum atomic E-state index is -4.56. The van der Waals surface area contributed by atoms with E-state index in [1.807, 2.05) is 0 Å². The molecule has 56 nitrogen and oxygen atoms in total. The normalized spacial score (nSPS) is 36.6. The molecule has 21 heterocycles. The molecule has 63 heteroatoms. The predicted molar refractivity (Wildman–Crippen MR) is 469 cm³/mol. The Kier molecular flexibility index (Phi) is 51.5. The Morgan fingerprint density at radius 2 is 0.264 bits per heavy atom. The molecule has 0 aromatic heterocycles. The van der Waals surface area contributed by atoms with Crippen LogP contribution in [0.2, 0.25) is 0 Å². The first-order chi connectivity index (χ1) is 66.2. The van der Waals surface area contributed by atoms with E-state index >= 15 is 0 Å². The average molecular weight is 2190 g/mol. The van der Waals surface area contributed by atoms with Gasteiger partial charge in [0.1, 0.15) is 171 Å². The predicted octanol–water partition coefficient (Wildman–Crippen LogP) is -3.96. The fourth-order valence-corrected chi connectivity index (χ4v) is 20.9. The molecule has 140 heavy (non-hydrogen) atoms. The number of hydrogen-bond donors (Lipinski definition) is 7. The molecule has 0 saturated carbocycles. The zero-order chi connectivity index (χ0) is 103. The zero-order valence-electron chi connectivity index (χ0n) is 80.0. The van der Waals surface area contributed by atoms with Gasteiger partial charge in [-0.15, -0.1) is 0 Å². The van der Waals surface area contributed by atoms with Crippen LogP contribution < -0.4 is 0 Å². The number of rotatable bonds is 56. The maximum Gasteiger partial charge on any atom is 0.264 e. The van der Waals surface area contributed by atoms with Gasteiger partial charge in [-0.3, -0.25) is 31.9 Å². The lowest BCUT2D eigenvalue weighted by atomic mass is 9.94. The van der Waals surface area contributed by atoms with Crippen LogP contribution in [0.4, 0.5) is 0 Å². The summed E-state index contributed by atoms with van der Waals surface area (Å²) in [6.07, 6.45) is -55.3. The zero-order valence-corrected chi connectivity index (χ0v) is 85.7. The SMILES string of the molecule is CO[C@@H]1[C@@H](OC)[C@H]2O[C@H]3[C@H](OC)[C@@H](OC)[C@@H](O[C@H]4[C@@H](OC)[C@@H](OC)[C@@H](O[C@H]5[C@@H](OC)[C@H](OC)[C@@H](O[C@H]6[C@H](OC)[C@H](OC)[C@@H](O[C@H]7[C@H](OC)[C@@H](OC)[C@@H](O[C@H]8[C@H](OC)[C@@H](OC)[C@@H](O[C@@H]1[C@H](COCCCS(=O)(=O)O)O2)O[C@H]8COCCCS(=O)(=O)O)O[C@@H]7COCCCS(=O)(=O)O)O[C@@H]6COCCCS(=O)(=O)O)O[C@@H]5COCCCS(=O)(=O)O)O[C@@H]4COCCCS(=O)(=O)O)O[C@H]3COCCCS(=O)(=O)O. The molecule has 826 valence electrons. The van der Waals surface area contributed by atoms with Crippen molar-refractivity contribution in [3.63, 3.8) is 0 Å². The van der Waals surface area contributed by atoms with Crippen LogP contribution >= 0.6 is 0 Å². The monoisotopic (exact) mass is 2180 g/mol. The molecule has 21 aliphatic rings. The van der Waals surface area contributed by atoms with E-state index in [0.29, 0.717) is 0 Å². The molecule has 0 aliphatic carbocycles. The van der Waals surface area contributed by atoms with Crippen molar-refractivity contribution < 1.29 is 257 Å². The second-order valence-electron chi connectivity index (χ2n) is 33.3. The largest absolute Gasteiger partial charge is 0.379 e. The van der Waals surface area contributed by atoms with E-state index in [1.54, 1.807) is 0 Å². The summed E-state index contributed by atoms with van der Waals surface area (Å²) in [5.41, 5.74) is 0. The van der Waals surface area contributed by atoms with Gasteiger partial charge in [-0.1, -0.05) is 0 Å². The molecule has 0 radical (unpaired) electrons. The van der Waals surface area contributed by atoms with Crippen molar-refractivity contribution in [2.24, 2.45) is 0 Å². The second kappa shape index (κ2) is 58.5. The number of ether oxygens (including phenoxy) is 35. The fourth-order valence-electron chi connectivity index (χ4n) is 17.5. The smallest absolute Gasteiger partial charge is 0.264 e. The molecule has 21 aliphatic heterocycles. The summed E-state index contributed by atoms with van der Waals surface area (Å²) in [6.45, 7) is -6.41. The summed E-state index contributed by atoms with van der Waals surface area (Å²) in [6, 6.07) is 0. The van der Waals surface area contributed by atoms with E-state index in [9.17, 15) is 90.8 Å². The van der Waals surface area contributed by atoms with Crippen molar-refractivity contribution in [2.45, 2.75) is 260 Å². The third kappa shape index (κ3) is 37.5. The molecular formula is C77H140O56S7. The summed E-state index contributed by atoms with van der Waals surface area (Å²) in [4.78, 5) is 0. The van der Waals surface area contributed by atoms with Crippen molar-refractivity contribution in [3.05, 3.63) is 0 Å². The third-order valence-corrected chi connectivity index (χ3v) is 29.4. The quantitative estimate of drug-likeness (QED) is 0.0226. The van der Waals surface area contributed by atoms with Crippen molar-refractivity contribution in [1.82, 2.24) is 0 Å². The Morgan fingerprint density at radius 3 is 0.350 bits per heavy atom. The van der Waals surface area contributed by atoms with Gasteiger partial charge in [0.2, 0.25) is 0 Å². The second-order valence-corrected chi connectivity index (χ2v) is 44.3. The molecule has 0 aromatic carbocycles. The molecule has 7 N–H and O–H groups in total. The summed E-state index contributed by atoms with van der Waals surface area (Å²) in [7, 11) is -14.3. The van der Waals surface area contributed by atoms with Gasteiger partial charge in [-0.2, -0.15) is 58.9 Å².